The maximum Gasteiger partial charge on any atom is 0.318 e. The number of hydrogen-bond donors (Lipinski definition) is 3. The molecule has 1 aliphatic heterocycles. The van der Waals surface area contributed by atoms with E-state index in [0.29, 0.717) is 32.4 Å². The largest absolute Gasteiger partial charge is 0.481 e. The SMILES string of the molecule is CCC1C(=O)NCCN1C(=O)NC1(CC(=O)O)CCC1. The third kappa shape index (κ3) is 2.86. The van der Waals surface area contributed by atoms with Crippen molar-refractivity contribution in [2.45, 2.75) is 50.6 Å². The van der Waals surface area contributed by atoms with Crippen molar-refractivity contribution in [2.75, 3.05) is 13.1 Å². The summed E-state index contributed by atoms with van der Waals surface area (Å²) >= 11 is 0. The predicted octanol–water partition coefficient (Wildman–Crippen LogP) is 0.304. The molecule has 0 bridgehead atoms. The van der Waals surface area contributed by atoms with E-state index in [9.17, 15) is 14.4 Å². The van der Waals surface area contributed by atoms with E-state index in [1.54, 1.807) is 0 Å². The first kappa shape index (κ1) is 14.6. The Morgan fingerprint density at radius 1 is 1.50 bits per heavy atom. The van der Waals surface area contributed by atoms with Crippen molar-refractivity contribution < 1.29 is 19.5 Å². The molecule has 20 heavy (non-hydrogen) atoms. The average molecular weight is 283 g/mol. The lowest BCUT2D eigenvalue weighted by Gasteiger charge is -2.44. The molecule has 2 aliphatic rings. The highest BCUT2D eigenvalue weighted by atomic mass is 16.4. The second-order valence-electron chi connectivity index (χ2n) is 5.54. The van der Waals surface area contributed by atoms with E-state index >= 15 is 0 Å². The van der Waals surface area contributed by atoms with Crippen LogP contribution in [0.5, 0.6) is 0 Å². The van der Waals surface area contributed by atoms with Crippen molar-refractivity contribution in [2.24, 2.45) is 0 Å². The van der Waals surface area contributed by atoms with Gasteiger partial charge < -0.3 is 20.6 Å². The molecule has 1 atom stereocenters. The molecular weight excluding hydrogens is 262 g/mol. The number of piperazine rings is 1. The molecule has 1 unspecified atom stereocenters. The molecule has 1 saturated heterocycles. The number of rotatable bonds is 4. The molecular formula is C13H21N3O4. The van der Waals surface area contributed by atoms with Gasteiger partial charge in [-0.15, -0.1) is 0 Å². The van der Waals surface area contributed by atoms with E-state index in [0.717, 1.165) is 6.42 Å². The minimum Gasteiger partial charge on any atom is -0.481 e. The van der Waals surface area contributed by atoms with E-state index in [2.05, 4.69) is 10.6 Å². The molecule has 0 radical (unpaired) electrons. The first-order valence-corrected chi connectivity index (χ1v) is 7.06. The van der Waals surface area contributed by atoms with E-state index < -0.39 is 17.6 Å². The Bertz CT molecular complexity index is 420. The highest BCUT2D eigenvalue weighted by Gasteiger charge is 2.42. The third-order valence-electron chi connectivity index (χ3n) is 4.15. The molecule has 1 saturated carbocycles. The molecule has 0 aromatic rings. The Labute approximate surface area is 117 Å². The van der Waals surface area contributed by atoms with Gasteiger partial charge in [0.2, 0.25) is 5.91 Å². The Balaban J connectivity index is 2.02. The van der Waals surface area contributed by atoms with E-state index in [1.165, 1.54) is 4.90 Å². The molecule has 3 amide bonds. The van der Waals surface area contributed by atoms with Crippen LogP contribution in [-0.2, 0) is 9.59 Å². The van der Waals surface area contributed by atoms with Crippen molar-refractivity contribution >= 4 is 17.9 Å². The van der Waals surface area contributed by atoms with Gasteiger partial charge in [0, 0.05) is 13.1 Å². The van der Waals surface area contributed by atoms with Crippen LogP contribution in [0.3, 0.4) is 0 Å². The Hall–Kier alpha value is -1.79. The summed E-state index contributed by atoms with van der Waals surface area (Å²) in [4.78, 5) is 36.5. The van der Waals surface area contributed by atoms with Crippen LogP contribution in [0.25, 0.3) is 0 Å². The summed E-state index contributed by atoms with van der Waals surface area (Å²) in [6.07, 6.45) is 2.77. The highest BCUT2D eigenvalue weighted by Crippen LogP contribution is 2.35. The maximum atomic E-state index is 12.3. The lowest BCUT2D eigenvalue weighted by molar-refractivity contribution is -0.139. The Morgan fingerprint density at radius 2 is 2.20 bits per heavy atom. The molecule has 2 rings (SSSR count). The van der Waals surface area contributed by atoms with Gasteiger partial charge in [0.1, 0.15) is 6.04 Å². The van der Waals surface area contributed by atoms with E-state index in [1.807, 2.05) is 6.92 Å². The zero-order valence-electron chi connectivity index (χ0n) is 11.6. The number of carbonyl (C=O) groups is 3. The van der Waals surface area contributed by atoms with Crippen molar-refractivity contribution in [3.05, 3.63) is 0 Å². The van der Waals surface area contributed by atoms with Gasteiger partial charge in [-0.05, 0) is 25.7 Å². The van der Waals surface area contributed by atoms with Gasteiger partial charge in [0.05, 0.1) is 12.0 Å². The molecule has 0 spiro atoms. The minimum absolute atomic E-state index is 0.0600. The molecule has 0 aromatic heterocycles. The summed E-state index contributed by atoms with van der Waals surface area (Å²) in [6.45, 7) is 2.75. The summed E-state index contributed by atoms with van der Waals surface area (Å²) in [5.74, 6) is -1.05. The Morgan fingerprint density at radius 3 is 2.70 bits per heavy atom. The van der Waals surface area contributed by atoms with Crippen LogP contribution in [0.4, 0.5) is 4.79 Å². The van der Waals surface area contributed by atoms with Crippen LogP contribution in [0.15, 0.2) is 0 Å². The number of carboxylic acid groups (broad SMARTS) is 1. The second kappa shape index (κ2) is 5.68. The smallest absolute Gasteiger partial charge is 0.318 e. The van der Waals surface area contributed by atoms with Gasteiger partial charge in [0.15, 0.2) is 0 Å². The third-order valence-corrected chi connectivity index (χ3v) is 4.15. The van der Waals surface area contributed by atoms with Crippen LogP contribution in [0.2, 0.25) is 0 Å². The fourth-order valence-corrected chi connectivity index (χ4v) is 2.90. The van der Waals surface area contributed by atoms with Crippen molar-refractivity contribution in [3.63, 3.8) is 0 Å². The summed E-state index contributed by atoms with van der Waals surface area (Å²) in [7, 11) is 0. The first-order valence-electron chi connectivity index (χ1n) is 7.06. The van der Waals surface area contributed by atoms with Crippen LogP contribution < -0.4 is 10.6 Å². The van der Waals surface area contributed by atoms with Crippen molar-refractivity contribution in [1.82, 2.24) is 15.5 Å². The standard InChI is InChI=1S/C13H21N3O4/c1-2-9-11(19)14-6-7-16(9)12(20)15-13(4-3-5-13)8-10(17)18/h9H,2-8H2,1H3,(H,14,19)(H,15,20)(H,17,18). The zero-order valence-corrected chi connectivity index (χ0v) is 11.6. The van der Waals surface area contributed by atoms with Crippen LogP contribution in [0, 0.1) is 0 Å². The van der Waals surface area contributed by atoms with Crippen LogP contribution in [0.1, 0.15) is 39.0 Å². The van der Waals surface area contributed by atoms with Crippen molar-refractivity contribution in [3.8, 4) is 0 Å². The monoisotopic (exact) mass is 283 g/mol. The fourth-order valence-electron chi connectivity index (χ4n) is 2.90. The van der Waals surface area contributed by atoms with Crippen LogP contribution in [-0.4, -0.2) is 52.6 Å². The molecule has 0 aromatic carbocycles. The first-order chi connectivity index (χ1) is 9.47. The average Bonchev–Trinajstić information content (AvgIpc) is 2.35. The summed E-state index contributed by atoms with van der Waals surface area (Å²) < 4.78 is 0. The minimum atomic E-state index is -0.909. The molecule has 1 heterocycles. The van der Waals surface area contributed by atoms with Crippen molar-refractivity contribution in [1.29, 1.82) is 0 Å². The fraction of sp³-hybridized carbons (Fsp3) is 0.769. The van der Waals surface area contributed by atoms with Gasteiger partial charge >= 0.3 is 12.0 Å². The summed E-state index contributed by atoms with van der Waals surface area (Å²) in [6, 6.07) is -0.793. The number of amides is 3. The maximum absolute atomic E-state index is 12.3. The van der Waals surface area contributed by atoms with Gasteiger partial charge in [-0.25, -0.2) is 4.79 Å². The lowest BCUT2D eigenvalue weighted by atomic mass is 9.74. The number of nitrogens with one attached hydrogen (secondary N) is 2. The van der Waals surface area contributed by atoms with Gasteiger partial charge in [-0.2, -0.15) is 0 Å². The normalized spacial score (nSPS) is 24.6. The molecule has 1 aliphatic carbocycles. The summed E-state index contributed by atoms with van der Waals surface area (Å²) in [5, 5.41) is 14.5. The molecule has 3 N–H and O–H groups in total. The predicted molar refractivity (Wildman–Crippen MR) is 71.2 cm³/mol. The van der Waals surface area contributed by atoms with E-state index in [-0.39, 0.29) is 18.4 Å². The van der Waals surface area contributed by atoms with Gasteiger partial charge in [-0.1, -0.05) is 6.92 Å². The number of nitrogens with zero attached hydrogens (tertiary/aromatic N) is 1. The van der Waals surface area contributed by atoms with Crippen LogP contribution >= 0.6 is 0 Å². The number of hydrogen-bond acceptors (Lipinski definition) is 3. The number of urea groups is 1. The van der Waals surface area contributed by atoms with E-state index in [4.69, 9.17) is 5.11 Å². The molecule has 112 valence electrons. The number of aliphatic carboxylic acids is 1. The number of carbonyl (C=O) groups excluding carboxylic acids is 2. The molecule has 7 nitrogen and oxygen atoms in total. The van der Waals surface area contributed by atoms with Gasteiger partial charge in [-0.3, -0.25) is 9.59 Å². The number of carboxylic acids is 1. The summed E-state index contributed by atoms with van der Waals surface area (Å²) in [5.41, 5.74) is -0.630. The highest BCUT2D eigenvalue weighted by molar-refractivity contribution is 5.88. The zero-order chi connectivity index (χ0) is 14.8. The van der Waals surface area contributed by atoms with Gasteiger partial charge in [0.25, 0.3) is 0 Å². The second-order valence-corrected chi connectivity index (χ2v) is 5.54. The lowest BCUT2D eigenvalue weighted by Crippen LogP contribution is -2.64. The topological polar surface area (TPSA) is 98.7 Å². The molecule has 7 heteroatoms. The molecule has 2 fully saturated rings. The Kier molecular flexibility index (Phi) is 4.15. The quantitative estimate of drug-likeness (QED) is 0.691.